The smallest absolute Gasteiger partial charge is 0.266 e. The van der Waals surface area contributed by atoms with Crippen LogP contribution in [0.5, 0.6) is 0 Å². The summed E-state index contributed by atoms with van der Waals surface area (Å²) in [6, 6.07) is 15.8. The van der Waals surface area contributed by atoms with Crippen molar-refractivity contribution < 1.29 is 17.6 Å². The van der Waals surface area contributed by atoms with E-state index in [0.717, 1.165) is 23.2 Å². The Labute approximate surface area is 175 Å². The Balaban J connectivity index is 1.61. The topological polar surface area (TPSA) is 75.6 Å². The number of sulfonamides is 1. The molecule has 0 aliphatic carbocycles. The van der Waals surface area contributed by atoms with Gasteiger partial charge < -0.3 is 0 Å². The van der Waals surface area contributed by atoms with Crippen LogP contribution in [0.25, 0.3) is 16.8 Å². The summed E-state index contributed by atoms with van der Waals surface area (Å²) in [6.45, 7) is 0. The lowest BCUT2D eigenvalue weighted by molar-refractivity contribution is -0.113. The van der Waals surface area contributed by atoms with Gasteiger partial charge >= 0.3 is 0 Å². The van der Waals surface area contributed by atoms with E-state index in [2.05, 4.69) is 9.71 Å². The minimum atomic E-state index is -3.96. The summed E-state index contributed by atoms with van der Waals surface area (Å²) < 4.78 is 41.3. The van der Waals surface area contributed by atoms with Gasteiger partial charge in [0.25, 0.3) is 15.9 Å². The highest BCUT2D eigenvalue weighted by atomic mass is 35.5. The molecule has 0 bridgehead atoms. The largest absolute Gasteiger partial charge is 0.286 e. The number of halogens is 2. The lowest BCUT2D eigenvalue weighted by Gasteiger charge is -2.09. The fourth-order valence-electron chi connectivity index (χ4n) is 2.81. The van der Waals surface area contributed by atoms with E-state index >= 15 is 0 Å². The Morgan fingerprint density at radius 3 is 2.62 bits per heavy atom. The zero-order valence-electron chi connectivity index (χ0n) is 14.6. The quantitative estimate of drug-likeness (QED) is 0.597. The molecule has 0 atom stereocenters. The summed E-state index contributed by atoms with van der Waals surface area (Å²) >= 11 is 6.85. The summed E-state index contributed by atoms with van der Waals surface area (Å²) in [5.41, 5.74) is 0.428. The van der Waals surface area contributed by atoms with Crippen LogP contribution in [0.15, 0.2) is 75.5 Å². The zero-order chi connectivity index (χ0) is 20.6. The Hall–Kier alpha value is -2.68. The standard InChI is InChI=1S/C20H12ClFN2O3S2/c21-16-11-14(22)9-8-13(16)10-17-19(25)23-20(28-17)24-29(26,27)18-7-3-5-12-4-1-2-6-15(12)18/h1-11H,(H,23,24,25). The molecule has 5 nitrogen and oxygen atoms in total. The summed E-state index contributed by atoms with van der Waals surface area (Å²) in [5, 5.41) is 1.41. The fourth-order valence-corrected chi connectivity index (χ4v) is 5.30. The van der Waals surface area contributed by atoms with Gasteiger partial charge in [0.2, 0.25) is 0 Å². The van der Waals surface area contributed by atoms with Gasteiger partial charge in [0.05, 0.1) is 14.8 Å². The number of hydrogen-bond acceptors (Lipinski definition) is 4. The van der Waals surface area contributed by atoms with Crippen LogP contribution in [0.3, 0.4) is 0 Å². The molecular weight excluding hydrogens is 435 g/mol. The van der Waals surface area contributed by atoms with E-state index in [1.165, 1.54) is 24.3 Å². The van der Waals surface area contributed by atoms with E-state index in [0.29, 0.717) is 10.9 Å². The number of amides is 1. The van der Waals surface area contributed by atoms with Crippen molar-refractivity contribution in [3.63, 3.8) is 0 Å². The molecule has 0 unspecified atom stereocenters. The second-order valence-electron chi connectivity index (χ2n) is 6.08. The number of nitrogens with one attached hydrogen (secondary N) is 1. The van der Waals surface area contributed by atoms with Gasteiger partial charge in [0.15, 0.2) is 5.17 Å². The number of rotatable bonds is 3. The highest BCUT2D eigenvalue weighted by Gasteiger charge is 2.27. The summed E-state index contributed by atoms with van der Waals surface area (Å²) in [6.07, 6.45) is 1.44. The van der Waals surface area contributed by atoms with Crippen LogP contribution < -0.4 is 4.72 Å². The Bertz CT molecular complexity index is 1320. The zero-order valence-corrected chi connectivity index (χ0v) is 17.0. The number of carbonyl (C=O) groups excluding carboxylic acids is 1. The van der Waals surface area contributed by atoms with E-state index in [4.69, 9.17) is 11.6 Å². The van der Waals surface area contributed by atoms with Gasteiger partial charge in [-0.05, 0) is 47.0 Å². The average Bonchev–Trinajstić information content (AvgIpc) is 3.01. The van der Waals surface area contributed by atoms with Gasteiger partial charge in [0, 0.05) is 5.39 Å². The van der Waals surface area contributed by atoms with Crippen LogP contribution in [-0.4, -0.2) is 19.5 Å². The first-order chi connectivity index (χ1) is 13.8. The van der Waals surface area contributed by atoms with E-state index < -0.39 is 21.7 Å². The molecule has 0 saturated heterocycles. The molecule has 1 amide bonds. The van der Waals surface area contributed by atoms with Gasteiger partial charge in [0.1, 0.15) is 5.82 Å². The molecule has 29 heavy (non-hydrogen) atoms. The molecule has 0 saturated carbocycles. The maximum absolute atomic E-state index is 13.2. The molecule has 0 aromatic heterocycles. The third-order valence-corrected chi connectivity index (χ3v) is 6.88. The van der Waals surface area contributed by atoms with Gasteiger partial charge in [-0.2, -0.15) is 4.99 Å². The maximum Gasteiger partial charge on any atom is 0.286 e. The molecule has 9 heteroatoms. The Kier molecular flexibility index (Phi) is 5.16. The van der Waals surface area contributed by atoms with Crippen LogP contribution in [0.2, 0.25) is 5.02 Å². The molecule has 1 aliphatic rings. The third kappa shape index (κ3) is 4.05. The second kappa shape index (κ2) is 7.62. The number of nitrogens with zero attached hydrogens (tertiary/aromatic N) is 1. The van der Waals surface area contributed by atoms with Crippen molar-refractivity contribution in [3.8, 4) is 0 Å². The van der Waals surface area contributed by atoms with Crippen LogP contribution in [-0.2, 0) is 14.8 Å². The minimum absolute atomic E-state index is 0.0626. The molecule has 3 aromatic rings. The van der Waals surface area contributed by atoms with Crippen LogP contribution >= 0.6 is 23.4 Å². The first-order valence-corrected chi connectivity index (χ1v) is 11.0. The highest BCUT2D eigenvalue weighted by molar-refractivity contribution is 8.19. The number of hydrogen-bond donors (Lipinski definition) is 1. The van der Waals surface area contributed by atoms with Crippen molar-refractivity contribution in [2.45, 2.75) is 4.90 Å². The van der Waals surface area contributed by atoms with Gasteiger partial charge in [-0.1, -0.05) is 54.1 Å². The van der Waals surface area contributed by atoms with Crippen molar-refractivity contribution in [2.75, 3.05) is 0 Å². The third-order valence-electron chi connectivity index (χ3n) is 4.13. The monoisotopic (exact) mass is 446 g/mol. The number of benzene rings is 3. The van der Waals surface area contributed by atoms with Crippen LogP contribution in [0, 0.1) is 5.82 Å². The van der Waals surface area contributed by atoms with Gasteiger partial charge in [-0.15, -0.1) is 0 Å². The predicted molar refractivity (Wildman–Crippen MR) is 114 cm³/mol. The molecule has 4 rings (SSSR count). The van der Waals surface area contributed by atoms with Gasteiger partial charge in [-0.25, -0.2) is 12.8 Å². The normalized spacial score (nSPS) is 15.7. The van der Waals surface area contributed by atoms with Gasteiger partial charge in [-0.3, -0.25) is 9.52 Å². The van der Waals surface area contributed by atoms with Crippen LogP contribution in [0.4, 0.5) is 4.39 Å². The highest BCUT2D eigenvalue weighted by Crippen LogP contribution is 2.31. The lowest BCUT2D eigenvalue weighted by atomic mass is 10.1. The number of aliphatic imine (C=N–C) groups is 1. The van der Waals surface area contributed by atoms with E-state index in [1.54, 1.807) is 18.2 Å². The molecule has 146 valence electrons. The molecular formula is C20H12ClFN2O3S2. The van der Waals surface area contributed by atoms with Crippen LogP contribution in [0.1, 0.15) is 5.56 Å². The first-order valence-electron chi connectivity index (χ1n) is 8.32. The van der Waals surface area contributed by atoms with Crippen molar-refractivity contribution in [2.24, 2.45) is 4.99 Å². The molecule has 1 aliphatic heterocycles. The summed E-state index contributed by atoms with van der Waals surface area (Å²) in [7, 11) is -3.96. The molecule has 0 radical (unpaired) electrons. The predicted octanol–water partition coefficient (Wildman–Crippen LogP) is 4.58. The molecule has 1 heterocycles. The molecule has 0 fully saturated rings. The lowest BCUT2D eigenvalue weighted by Crippen LogP contribution is -2.27. The molecule has 1 N–H and O–H groups in total. The van der Waals surface area contributed by atoms with Crippen molar-refractivity contribution >= 4 is 61.3 Å². The number of fused-ring (bicyclic) bond motifs is 1. The molecule has 0 spiro atoms. The fraction of sp³-hybridized carbons (Fsp3) is 0. The molecule has 3 aromatic carbocycles. The van der Waals surface area contributed by atoms with Crippen molar-refractivity contribution in [1.82, 2.24) is 4.72 Å². The van der Waals surface area contributed by atoms with E-state index in [9.17, 15) is 17.6 Å². The maximum atomic E-state index is 13.2. The summed E-state index contributed by atoms with van der Waals surface area (Å²) in [4.78, 5) is 16.2. The average molecular weight is 447 g/mol. The first kappa shape index (κ1) is 19.6. The minimum Gasteiger partial charge on any atom is -0.266 e. The summed E-state index contributed by atoms with van der Waals surface area (Å²) in [5.74, 6) is -1.10. The Morgan fingerprint density at radius 2 is 1.83 bits per heavy atom. The number of thioether (sulfide) groups is 1. The van der Waals surface area contributed by atoms with Crippen molar-refractivity contribution in [3.05, 3.63) is 82.0 Å². The SMILES string of the molecule is O=C1N=C(NS(=O)(=O)c2cccc3ccccc23)SC1=Cc1ccc(F)cc1Cl. The second-order valence-corrected chi connectivity index (χ2v) is 9.17. The van der Waals surface area contributed by atoms with E-state index in [1.807, 2.05) is 18.2 Å². The Morgan fingerprint density at radius 1 is 1.07 bits per heavy atom. The van der Waals surface area contributed by atoms with Crippen molar-refractivity contribution in [1.29, 1.82) is 0 Å². The number of amidine groups is 1. The number of carbonyl (C=O) groups is 1. The van der Waals surface area contributed by atoms with E-state index in [-0.39, 0.29) is 20.0 Å².